The number of alkyl halides is 3. The molecule has 1 N–H and O–H groups in total. The molecule has 4 heterocycles. The zero-order valence-corrected chi connectivity index (χ0v) is 16.5. The molecule has 0 radical (unpaired) electrons. The maximum absolute atomic E-state index is 13.3. The van der Waals surface area contributed by atoms with Gasteiger partial charge in [-0.25, -0.2) is 9.97 Å². The molecule has 5 nitrogen and oxygen atoms in total. The normalized spacial score (nSPS) is 21.7. The molecule has 2 bridgehead atoms. The predicted molar refractivity (Wildman–Crippen MR) is 107 cm³/mol. The highest BCUT2D eigenvalue weighted by molar-refractivity contribution is 7.21. The molecule has 0 aliphatic carbocycles. The van der Waals surface area contributed by atoms with Crippen molar-refractivity contribution in [2.75, 3.05) is 25.1 Å². The van der Waals surface area contributed by atoms with Crippen LogP contribution in [0.3, 0.4) is 0 Å². The van der Waals surface area contributed by atoms with Crippen LogP contribution in [-0.4, -0.2) is 42.3 Å². The van der Waals surface area contributed by atoms with Gasteiger partial charge in [-0.2, -0.15) is 13.2 Å². The van der Waals surface area contributed by atoms with E-state index in [1.165, 1.54) is 24.8 Å². The van der Waals surface area contributed by atoms with Crippen LogP contribution in [0.2, 0.25) is 0 Å². The molecule has 0 spiro atoms. The molecule has 2 aliphatic heterocycles. The van der Waals surface area contributed by atoms with Gasteiger partial charge < -0.3 is 15.0 Å². The lowest BCUT2D eigenvalue weighted by molar-refractivity contribution is -0.137. The van der Waals surface area contributed by atoms with E-state index in [0.29, 0.717) is 22.5 Å². The number of hydrogen-bond acceptors (Lipinski definition) is 6. The molecule has 0 saturated carbocycles. The first-order valence-electron chi connectivity index (χ1n) is 9.43. The fourth-order valence-electron chi connectivity index (χ4n) is 4.23. The van der Waals surface area contributed by atoms with Crippen LogP contribution >= 0.6 is 11.3 Å². The number of benzene rings is 1. The number of anilines is 1. The van der Waals surface area contributed by atoms with Crippen molar-refractivity contribution in [3.8, 4) is 16.2 Å². The van der Waals surface area contributed by atoms with Crippen LogP contribution in [0.4, 0.5) is 19.0 Å². The van der Waals surface area contributed by atoms with E-state index in [1.807, 2.05) is 6.07 Å². The van der Waals surface area contributed by atoms with Crippen molar-refractivity contribution in [3.63, 3.8) is 0 Å². The van der Waals surface area contributed by atoms with E-state index < -0.39 is 11.7 Å². The Morgan fingerprint density at radius 2 is 1.86 bits per heavy atom. The fraction of sp³-hybridized carbons (Fsp3) is 0.400. The van der Waals surface area contributed by atoms with Crippen molar-refractivity contribution < 1.29 is 17.9 Å². The molecule has 2 fully saturated rings. The first kappa shape index (κ1) is 18.6. The van der Waals surface area contributed by atoms with E-state index in [0.717, 1.165) is 54.1 Å². The number of piperazine rings is 1. The Labute approximate surface area is 169 Å². The first-order valence-corrected chi connectivity index (χ1v) is 10.2. The number of halogens is 3. The van der Waals surface area contributed by atoms with Gasteiger partial charge in [0.1, 0.15) is 22.7 Å². The van der Waals surface area contributed by atoms with Crippen LogP contribution in [0, 0.1) is 0 Å². The smallest absolute Gasteiger partial charge is 0.416 e. The zero-order valence-electron chi connectivity index (χ0n) is 15.7. The van der Waals surface area contributed by atoms with Crippen LogP contribution in [0.5, 0.6) is 5.75 Å². The van der Waals surface area contributed by atoms with E-state index in [4.69, 9.17) is 4.74 Å². The highest BCUT2D eigenvalue weighted by atomic mass is 32.1. The number of methoxy groups -OCH3 is 1. The molecule has 29 heavy (non-hydrogen) atoms. The van der Waals surface area contributed by atoms with E-state index in [1.54, 1.807) is 6.07 Å². The minimum Gasteiger partial charge on any atom is -0.497 e. The molecule has 152 valence electrons. The maximum Gasteiger partial charge on any atom is 0.416 e. The summed E-state index contributed by atoms with van der Waals surface area (Å²) < 4.78 is 45.0. The third-order valence-corrected chi connectivity index (χ3v) is 6.67. The lowest BCUT2D eigenvalue weighted by atomic mass is 10.1. The maximum atomic E-state index is 13.3. The lowest BCUT2D eigenvalue weighted by Crippen LogP contribution is -2.51. The number of rotatable bonds is 3. The fourth-order valence-corrected chi connectivity index (χ4v) is 5.21. The molecule has 2 atom stereocenters. The topological polar surface area (TPSA) is 50.3 Å². The molecule has 9 heteroatoms. The van der Waals surface area contributed by atoms with E-state index >= 15 is 0 Å². The van der Waals surface area contributed by atoms with Crippen molar-refractivity contribution in [1.82, 2.24) is 15.3 Å². The molecular weight excluding hydrogens is 401 g/mol. The van der Waals surface area contributed by atoms with Crippen molar-refractivity contribution in [1.29, 1.82) is 0 Å². The van der Waals surface area contributed by atoms with Gasteiger partial charge in [0, 0.05) is 30.1 Å². The van der Waals surface area contributed by atoms with E-state index in [-0.39, 0.29) is 5.75 Å². The Morgan fingerprint density at radius 1 is 1.10 bits per heavy atom. The second-order valence-corrected chi connectivity index (χ2v) is 8.55. The van der Waals surface area contributed by atoms with Gasteiger partial charge >= 0.3 is 6.18 Å². The van der Waals surface area contributed by atoms with Gasteiger partial charge in [-0.1, -0.05) is 0 Å². The number of thiophene rings is 1. The van der Waals surface area contributed by atoms with Crippen LogP contribution in [0.25, 0.3) is 20.7 Å². The second kappa shape index (κ2) is 6.84. The van der Waals surface area contributed by atoms with Crippen LogP contribution in [-0.2, 0) is 6.18 Å². The van der Waals surface area contributed by atoms with Crippen LogP contribution < -0.4 is 15.0 Å². The molecule has 2 aromatic heterocycles. The monoisotopic (exact) mass is 420 g/mol. The minimum atomic E-state index is -4.44. The number of aromatic nitrogens is 2. The highest BCUT2D eigenvalue weighted by Crippen LogP contribution is 2.41. The second-order valence-electron chi connectivity index (χ2n) is 7.52. The first-order chi connectivity index (χ1) is 13.9. The number of ether oxygens (including phenoxy) is 1. The van der Waals surface area contributed by atoms with Crippen LogP contribution in [0.1, 0.15) is 18.4 Å². The Kier molecular flexibility index (Phi) is 4.40. The molecule has 3 aromatic rings. The summed E-state index contributed by atoms with van der Waals surface area (Å²) >= 11 is 1.37. The molecule has 2 saturated heterocycles. The van der Waals surface area contributed by atoms with E-state index in [9.17, 15) is 13.2 Å². The number of nitrogens with one attached hydrogen (secondary N) is 1. The van der Waals surface area contributed by atoms with Gasteiger partial charge in [0.25, 0.3) is 0 Å². The summed E-state index contributed by atoms with van der Waals surface area (Å²) in [6.45, 7) is 1.76. The summed E-state index contributed by atoms with van der Waals surface area (Å²) in [7, 11) is 1.37. The molecule has 5 rings (SSSR count). The number of hydrogen-bond donors (Lipinski definition) is 1. The summed E-state index contributed by atoms with van der Waals surface area (Å²) in [5.74, 6) is 1.03. The molecule has 1 aromatic carbocycles. The predicted octanol–water partition coefficient (Wildman–Crippen LogP) is 4.33. The quantitative estimate of drug-likeness (QED) is 0.684. The van der Waals surface area contributed by atoms with E-state index in [2.05, 4.69) is 20.2 Å². The Balaban J connectivity index is 1.57. The largest absolute Gasteiger partial charge is 0.497 e. The number of nitrogens with zero attached hydrogens (tertiary/aromatic N) is 3. The van der Waals surface area contributed by atoms with Crippen molar-refractivity contribution >= 4 is 27.4 Å². The average Bonchev–Trinajstić information content (AvgIpc) is 3.29. The van der Waals surface area contributed by atoms with Gasteiger partial charge in [-0.05, 0) is 42.7 Å². The zero-order chi connectivity index (χ0) is 20.2. The Bertz CT molecular complexity index is 1060. The van der Waals surface area contributed by atoms with Crippen molar-refractivity contribution in [2.45, 2.75) is 31.1 Å². The van der Waals surface area contributed by atoms with Gasteiger partial charge in [0.15, 0.2) is 0 Å². The third-order valence-electron chi connectivity index (χ3n) is 5.58. The number of fused-ring (bicyclic) bond motifs is 3. The summed E-state index contributed by atoms with van der Waals surface area (Å²) in [6, 6.07) is 6.62. The van der Waals surface area contributed by atoms with Crippen LogP contribution in [0.15, 0.2) is 30.6 Å². The summed E-state index contributed by atoms with van der Waals surface area (Å²) in [6.07, 6.45) is -0.581. The van der Waals surface area contributed by atoms with Gasteiger partial charge in [-0.15, -0.1) is 11.3 Å². The van der Waals surface area contributed by atoms with Gasteiger partial charge in [-0.3, -0.25) is 0 Å². The molecule has 2 aliphatic rings. The van der Waals surface area contributed by atoms with Gasteiger partial charge in [0.2, 0.25) is 0 Å². The summed E-state index contributed by atoms with van der Waals surface area (Å²) in [5, 5.41) is 4.48. The molecule has 0 amide bonds. The molecular formula is C20H19F3N4OS. The lowest BCUT2D eigenvalue weighted by Gasteiger charge is -2.33. The summed E-state index contributed by atoms with van der Waals surface area (Å²) in [4.78, 5) is 12.6. The summed E-state index contributed by atoms with van der Waals surface area (Å²) in [5.41, 5.74) is -0.264. The third kappa shape index (κ3) is 3.42. The standard InChI is InChI=1S/C20H19F3N4OS/c1-28-15-5-11(4-12(6-15)20(21,22)23)17-7-16-18(24-10-25-19(16)29-17)27-8-13-2-3-14(9-27)26-13/h4-7,10,13-14,26H,2-3,8-9H2,1H3. The minimum absolute atomic E-state index is 0.178. The SMILES string of the molecule is COc1cc(-c2cc3c(N4CC5CCC(C4)N5)ncnc3s2)cc(C(F)(F)F)c1. The molecule has 2 unspecified atom stereocenters. The Morgan fingerprint density at radius 3 is 2.55 bits per heavy atom. The average molecular weight is 420 g/mol. The van der Waals surface area contributed by atoms with Crippen molar-refractivity contribution in [3.05, 3.63) is 36.2 Å². The highest BCUT2D eigenvalue weighted by Gasteiger charge is 2.34. The van der Waals surface area contributed by atoms with Gasteiger partial charge in [0.05, 0.1) is 18.1 Å². The Hall–Kier alpha value is -2.39. The van der Waals surface area contributed by atoms with Crippen molar-refractivity contribution in [2.24, 2.45) is 0 Å².